The van der Waals surface area contributed by atoms with Crippen LogP contribution in [0.5, 0.6) is 0 Å². The van der Waals surface area contributed by atoms with Crippen molar-refractivity contribution in [2.75, 3.05) is 11.1 Å². The summed E-state index contributed by atoms with van der Waals surface area (Å²) in [6, 6.07) is 6.99. The third kappa shape index (κ3) is 4.46. The van der Waals surface area contributed by atoms with Crippen LogP contribution in [0, 0.1) is 0 Å². The van der Waals surface area contributed by atoms with Crippen molar-refractivity contribution in [3.63, 3.8) is 0 Å². The van der Waals surface area contributed by atoms with E-state index in [-0.39, 0.29) is 11.7 Å². The van der Waals surface area contributed by atoms with E-state index in [0.717, 1.165) is 11.6 Å². The lowest BCUT2D eigenvalue weighted by Gasteiger charge is -2.06. The normalized spacial score (nSPS) is 10.5. The van der Waals surface area contributed by atoms with Crippen molar-refractivity contribution in [3.05, 3.63) is 42.2 Å². The Kier molecular flexibility index (Phi) is 5.77. The van der Waals surface area contributed by atoms with Gasteiger partial charge >= 0.3 is 0 Å². The van der Waals surface area contributed by atoms with Gasteiger partial charge in [0.15, 0.2) is 10.9 Å². The van der Waals surface area contributed by atoms with Crippen LogP contribution in [0.4, 0.5) is 5.69 Å². The molecule has 0 spiro atoms. The molecule has 5 nitrogen and oxygen atoms in total. The molecule has 22 heavy (non-hydrogen) atoms. The van der Waals surface area contributed by atoms with Gasteiger partial charge in [-0.3, -0.25) is 9.59 Å². The summed E-state index contributed by atoms with van der Waals surface area (Å²) < 4.78 is 1.88. The maximum absolute atomic E-state index is 12.1. The van der Waals surface area contributed by atoms with Gasteiger partial charge in [-0.25, -0.2) is 4.98 Å². The van der Waals surface area contributed by atoms with Gasteiger partial charge in [0.2, 0.25) is 5.91 Å². The van der Waals surface area contributed by atoms with Crippen molar-refractivity contribution >= 4 is 29.1 Å². The van der Waals surface area contributed by atoms with Crippen LogP contribution in [-0.2, 0) is 11.8 Å². The highest BCUT2D eigenvalue weighted by Crippen LogP contribution is 2.17. The molecule has 0 bridgehead atoms. The van der Waals surface area contributed by atoms with E-state index in [2.05, 4.69) is 10.3 Å². The van der Waals surface area contributed by atoms with Crippen LogP contribution in [0.2, 0.25) is 0 Å². The minimum Gasteiger partial charge on any atom is -0.329 e. The lowest BCUT2D eigenvalue weighted by atomic mass is 10.1. The van der Waals surface area contributed by atoms with Crippen LogP contribution < -0.4 is 5.32 Å². The fraction of sp³-hybridized carbons (Fsp3) is 0.312. The summed E-state index contributed by atoms with van der Waals surface area (Å²) in [5.41, 5.74) is 1.35. The first-order chi connectivity index (χ1) is 10.6. The van der Waals surface area contributed by atoms with Crippen LogP contribution in [0.3, 0.4) is 0 Å². The van der Waals surface area contributed by atoms with E-state index in [4.69, 9.17) is 0 Å². The molecule has 0 atom stereocenters. The Bertz CT molecular complexity index is 650. The molecule has 0 aliphatic carbocycles. The van der Waals surface area contributed by atoms with E-state index in [1.54, 1.807) is 30.5 Å². The number of aromatic nitrogens is 2. The Morgan fingerprint density at radius 2 is 2.00 bits per heavy atom. The molecule has 6 heteroatoms. The SMILES string of the molecule is CCCC(=O)Nc1ccc(C(=O)CSc2nccn2C)cc1. The number of benzene rings is 1. The monoisotopic (exact) mass is 317 g/mol. The lowest BCUT2D eigenvalue weighted by Crippen LogP contribution is -2.11. The molecule has 0 fully saturated rings. The summed E-state index contributed by atoms with van der Waals surface area (Å²) in [6.45, 7) is 1.96. The third-order valence-corrected chi connectivity index (χ3v) is 4.14. The number of ketones is 1. The number of amides is 1. The molecule has 0 aliphatic heterocycles. The molecule has 0 aliphatic rings. The first-order valence-electron chi connectivity index (χ1n) is 7.13. The maximum atomic E-state index is 12.1. The molecule has 0 unspecified atom stereocenters. The molecule has 1 amide bonds. The molecule has 2 aromatic rings. The molecular weight excluding hydrogens is 298 g/mol. The lowest BCUT2D eigenvalue weighted by molar-refractivity contribution is -0.116. The van der Waals surface area contributed by atoms with Crippen molar-refractivity contribution in [2.45, 2.75) is 24.9 Å². The minimum absolute atomic E-state index is 0.00749. The van der Waals surface area contributed by atoms with Gasteiger partial charge in [0, 0.05) is 37.1 Å². The Morgan fingerprint density at radius 3 is 2.59 bits per heavy atom. The molecule has 0 saturated heterocycles. The predicted molar refractivity (Wildman–Crippen MR) is 88.2 cm³/mol. The molecule has 2 rings (SSSR count). The Hall–Kier alpha value is -2.08. The van der Waals surface area contributed by atoms with Gasteiger partial charge in [-0.05, 0) is 30.7 Å². The average Bonchev–Trinajstić information content (AvgIpc) is 2.91. The summed E-state index contributed by atoms with van der Waals surface area (Å²) >= 11 is 1.41. The molecule has 1 aromatic heterocycles. The van der Waals surface area contributed by atoms with Gasteiger partial charge in [-0.15, -0.1) is 0 Å². The molecule has 1 heterocycles. The van der Waals surface area contributed by atoms with Gasteiger partial charge < -0.3 is 9.88 Å². The standard InChI is InChI=1S/C16H19N3O2S/c1-3-4-15(21)18-13-7-5-12(6-8-13)14(20)11-22-16-17-9-10-19(16)2/h5-10H,3-4,11H2,1-2H3,(H,18,21). The number of hydrogen-bond donors (Lipinski definition) is 1. The summed E-state index contributed by atoms with van der Waals surface area (Å²) in [5, 5.41) is 3.62. The zero-order valence-corrected chi connectivity index (χ0v) is 13.5. The number of thioether (sulfide) groups is 1. The summed E-state index contributed by atoms with van der Waals surface area (Å²) in [4.78, 5) is 27.8. The third-order valence-electron chi connectivity index (χ3n) is 3.08. The van der Waals surface area contributed by atoms with E-state index in [9.17, 15) is 9.59 Å². The number of hydrogen-bond acceptors (Lipinski definition) is 4. The second kappa shape index (κ2) is 7.79. The number of rotatable bonds is 7. The van der Waals surface area contributed by atoms with E-state index in [1.807, 2.05) is 24.7 Å². The Labute approximate surface area is 134 Å². The highest BCUT2D eigenvalue weighted by molar-refractivity contribution is 7.99. The van der Waals surface area contributed by atoms with Crippen molar-refractivity contribution < 1.29 is 9.59 Å². The largest absolute Gasteiger partial charge is 0.329 e. The number of carbonyl (C=O) groups is 2. The number of carbonyl (C=O) groups excluding carboxylic acids is 2. The molecule has 0 radical (unpaired) electrons. The highest BCUT2D eigenvalue weighted by atomic mass is 32.2. The van der Waals surface area contributed by atoms with Gasteiger partial charge in [0.1, 0.15) is 0 Å². The van der Waals surface area contributed by atoms with Gasteiger partial charge in [0.25, 0.3) is 0 Å². The fourth-order valence-corrected chi connectivity index (χ4v) is 2.72. The number of Topliss-reactive ketones (excluding diaryl/α,β-unsaturated/α-hetero) is 1. The number of aryl methyl sites for hydroxylation is 1. The summed E-state index contributed by atoms with van der Waals surface area (Å²) in [6.07, 6.45) is 4.87. The number of imidazole rings is 1. The maximum Gasteiger partial charge on any atom is 0.224 e. The molecule has 1 aromatic carbocycles. The molecule has 1 N–H and O–H groups in total. The van der Waals surface area contributed by atoms with Crippen molar-refractivity contribution in [1.29, 1.82) is 0 Å². The van der Waals surface area contributed by atoms with Crippen LogP contribution in [0.15, 0.2) is 41.8 Å². The topological polar surface area (TPSA) is 64.0 Å². The van der Waals surface area contributed by atoms with Crippen molar-refractivity contribution in [3.8, 4) is 0 Å². The first kappa shape index (κ1) is 16.3. The van der Waals surface area contributed by atoms with Crippen LogP contribution in [0.25, 0.3) is 0 Å². The van der Waals surface area contributed by atoms with E-state index in [0.29, 0.717) is 23.4 Å². The van der Waals surface area contributed by atoms with Crippen molar-refractivity contribution in [1.82, 2.24) is 9.55 Å². The zero-order valence-electron chi connectivity index (χ0n) is 12.7. The fourth-order valence-electron chi connectivity index (χ4n) is 1.89. The van der Waals surface area contributed by atoms with E-state index < -0.39 is 0 Å². The summed E-state index contributed by atoms with van der Waals surface area (Å²) in [7, 11) is 1.90. The van der Waals surface area contributed by atoms with E-state index in [1.165, 1.54) is 11.8 Å². The second-order valence-corrected chi connectivity index (χ2v) is 5.85. The van der Waals surface area contributed by atoms with Crippen LogP contribution in [-0.4, -0.2) is 27.0 Å². The second-order valence-electron chi connectivity index (χ2n) is 4.91. The number of nitrogens with one attached hydrogen (secondary N) is 1. The zero-order chi connectivity index (χ0) is 15.9. The Morgan fingerprint density at radius 1 is 1.27 bits per heavy atom. The molecular formula is C16H19N3O2S. The first-order valence-corrected chi connectivity index (χ1v) is 8.12. The number of nitrogens with zero attached hydrogens (tertiary/aromatic N) is 2. The van der Waals surface area contributed by atoms with Crippen LogP contribution in [0.1, 0.15) is 30.1 Å². The predicted octanol–water partition coefficient (Wildman–Crippen LogP) is 3.13. The van der Waals surface area contributed by atoms with Crippen LogP contribution >= 0.6 is 11.8 Å². The average molecular weight is 317 g/mol. The molecule has 116 valence electrons. The molecule has 0 saturated carbocycles. The highest BCUT2D eigenvalue weighted by Gasteiger charge is 2.09. The summed E-state index contributed by atoms with van der Waals surface area (Å²) in [5.74, 6) is 0.373. The van der Waals surface area contributed by atoms with Gasteiger partial charge in [-0.2, -0.15) is 0 Å². The van der Waals surface area contributed by atoms with E-state index >= 15 is 0 Å². The van der Waals surface area contributed by atoms with Gasteiger partial charge in [0.05, 0.1) is 5.75 Å². The smallest absolute Gasteiger partial charge is 0.224 e. The minimum atomic E-state index is -0.00749. The Balaban J connectivity index is 1.90. The number of anilines is 1. The van der Waals surface area contributed by atoms with Crippen molar-refractivity contribution in [2.24, 2.45) is 7.05 Å². The quantitative estimate of drug-likeness (QED) is 0.629. The van der Waals surface area contributed by atoms with Gasteiger partial charge in [-0.1, -0.05) is 18.7 Å².